The summed E-state index contributed by atoms with van der Waals surface area (Å²) in [6, 6.07) is 15.2. The summed E-state index contributed by atoms with van der Waals surface area (Å²) in [4.78, 5) is 71.7. The zero-order valence-electron chi connectivity index (χ0n) is 31.0. The molecule has 14 nitrogen and oxygen atoms in total. The van der Waals surface area contributed by atoms with Gasteiger partial charge in [-0.2, -0.15) is 0 Å². The number of benzene rings is 2. The number of nitrogens with one attached hydrogen (secondary N) is 3. The topological polar surface area (TPSA) is 181 Å². The van der Waals surface area contributed by atoms with Crippen LogP contribution in [-0.4, -0.2) is 84.3 Å². The quantitative estimate of drug-likeness (QED) is 0.278. The first kappa shape index (κ1) is 39.3. The van der Waals surface area contributed by atoms with Gasteiger partial charge in [0.1, 0.15) is 29.3 Å². The first-order chi connectivity index (χ1) is 24.8. The zero-order valence-corrected chi connectivity index (χ0v) is 31.8. The van der Waals surface area contributed by atoms with Gasteiger partial charge in [0.2, 0.25) is 21.8 Å². The minimum atomic E-state index is -3.93. The van der Waals surface area contributed by atoms with E-state index in [0.717, 1.165) is 0 Å². The summed E-state index contributed by atoms with van der Waals surface area (Å²) in [5, 5.41) is 4.72. The first-order valence-electron chi connectivity index (χ1n) is 17.7. The third kappa shape index (κ3) is 9.18. The Balaban J connectivity index is 1.44. The van der Waals surface area contributed by atoms with E-state index in [1.54, 1.807) is 90.1 Å². The summed E-state index contributed by atoms with van der Waals surface area (Å²) in [5.41, 5.74) is -2.29. The highest BCUT2D eigenvalue weighted by Crippen LogP contribution is 2.45. The van der Waals surface area contributed by atoms with Crippen molar-refractivity contribution in [1.29, 1.82) is 0 Å². The van der Waals surface area contributed by atoms with Crippen LogP contribution in [0.3, 0.4) is 0 Å². The minimum absolute atomic E-state index is 0.0985. The van der Waals surface area contributed by atoms with E-state index < -0.39 is 85.8 Å². The van der Waals surface area contributed by atoms with Gasteiger partial charge in [0.05, 0.1) is 23.2 Å². The van der Waals surface area contributed by atoms with Gasteiger partial charge in [-0.25, -0.2) is 22.9 Å². The lowest BCUT2D eigenvalue weighted by atomic mass is 9.85. The number of rotatable bonds is 11. The number of nitrogens with zero attached hydrogens (tertiary/aromatic N) is 2. The summed E-state index contributed by atoms with van der Waals surface area (Å²) in [6.45, 7) is 13.8. The first-order valence-corrected chi connectivity index (χ1v) is 19.2. The SMILES string of the molecule is C=CC1CC1(NC(=O)C1CC(OC(=O)N(c2ccccc2)c2ccccc2)CN1C(=O)C(NC(=O)OC(C)(C)C)C(C)(C)C)C(=O)NS(=O)(=O)C1CC1. The third-order valence-electron chi connectivity index (χ3n) is 9.35. The van der Waals surface area contributed by atoms with E-state index in [1.165, 1.54) is 15.9 Å². The van der Waals surface area contributed by atoms with Crippen molar-refractivity contribution in [2.45, 2.75) is 102 Å². The van der Waals surface area contributed by atoms with Crippen LogP contribution >= 0.6 is 0 Å². The molecule has 1 aliphatic heterocycles. The van der Waals surface area contributed by atoms with Crippen LogP contribution in [0.15, 0.2) is 73.3 Å². The molecule has 5 rings (SSSR count). The number of alkyl carbamates (subject to hydrolysis) is 1. The Labute approximate surface area is 310 Å². The van der Waals surface area contributed by atoms with Crippen LogP contribution < -0.4 is 20.3 Å². The molecule has 0 spiro atoms. The Morgan fingerprint density at radius 2 is 1.51 bits per heavy atom. The van der Waals surface area contributed by atoms with E-state index >= 15 is 0 Å². The van der Waals surface area contributed by atoms with Crippen LogP contribution in [0.5, 0.6) is 0 Å². The van der Waals surface area contributed by atoms with Crippen molar-refractivity contribution in [2.75, 3.05) is 11.4 Å². The molecule has 5 unspecified atom stereocenters. The Kier molecular flexibility index (Phi) is 11.0. The van der Waals surface area contributed by atoms with Crippen molar-refractivity contribution < 1.29 is 41.9 Å². The van der Waals surface area contributed by atoms with Crippen molar-refractivity contribution in [3.8, 4) is 0 Å². The van der Waals surface area contributed by atoms with Gasteiger partial charge in [-0.15, -0.1) is 6.58 Å². The molecular weight excluding hydrogens is 703 g/mol. The highest BCUT2D eigenvalue weighted by Gasteiger charge is 2.62. The summed E-state index contributed by atoms with van der Waals surface area (Å²) < 4.78 is 39.0. The highest BCUT2D eigenvalue weighted by atomic mass is 32.2. The van der Waals surface area contributed by atoms with Crippen molar-refractivity contribution in [1.82, 2.24) is 20.3 Å². The van der Waals surface area contributed by atoms with Crippen molar-refractivity contribution in [2.24, 2.45) is 11.3 Å². The van der Waals surface area contributed by atoms with Crippen LogP contribution in [0.4, 0.5) is 21.0 Å². The normalized spacial score (nSPS) is 23.2. The van der Waals surface area contributed by atoms with Gasteiger partial charge in [-0.3, -0.25) is 19.1 Å². The van der Waals surface area contributed by atoms with E-state index in [1.807, 2.05) is 12.1 Å². The fraction of sp³-hybridized carbons (Fsp3) is 0.500. The molecule has 2 aromatic rings. The number of anilines is 2. The third-order valence-corrected chi connectivity index (χ3v) is 11.2. The predicted octanol–water partition coefficient (Wildman–Crippen LogP) is 4.54. The Bertz CT molecular complexity index is 1800. The van der Waals surface area contributed by atoms with E-state index in [0.29, 0.717) is 24.2 Å². The maximum atomic E-state index is 14.5. The number of hydrogen-bond acceptors (Lipinski definition) is 9. The van der Waals surface area contributed by atoms with Crippen molar-refractivity contribution in [3.63, 3.8) is 0 Å². The molecule has 1 heterocycles. The van der Waals surface area contributed by atoms with Crippen LogP contribution in [0.25, 0.3) is 0 Å². The van der Waals surface area contributed by atoms with Gasteiger partial charge >= 0.3 is 12.2 Å². The largest absolute Gasteiger partial charge is 0.444 e. The van der Waals surface area contributed by atoms with Crippen molar-refractivity contribution >= 4 is 51.3 Å². The summed E-state index contributed by atoms with van der Waals surface area (Å²) in [7, 11) is -3.93. The number of carbonyl (C=O) groups excluding carboxylic acids is 5. The Morgan fingerprint density at radius 3 is 1.98 bits per heavy atom. The second-order valence-electron chi connectivity index (χ2n) is 15.9. The van der Waals surface area contributed by atoms with Crippen LogP contribution in [-0.2, 0) is 33.9 Å². The van der Waals surface area contributed by atoms with Gasteiger partial charge in [-0.1, -0.05) is 63.2 Å². The molecule has 5 atom stereocenters. The fourth-order valence-electron chi connectivity index (χ4n) is 6.34. The molecule has 5 amide bonds. The average Bonchev–Trinajstić information content (AvgIpc) is 4.00. The summed E-state index contributed by atoms with van der Waals surface area (Å²) in [6.07, 6.45) is -0.302. The highest BCUT2D eigenvalue weighted by molar-refractivity contribution is 7.91. The molecule has 3 fully saturated rings. The number of likely N-dealkylation sites (tertiary alicyclic amines) is 1. The molecule has 2 saturated carbocycles. The number of sulfonamides is 1. The van der Waals surface area contributed by atoms with E-state index in [4.69, 9.17) is 9.47 Å². The summed E-state index contributed by atoms with van der Waals surface area (Å²) in [5.74, 6) is -2.85. The molecule has 286 valence electrons. The van der Waals surface area contributed by atoms with Gasteiger partial charge in [0, 0.05) is 12.3 Å². The standard InChI is InChI=1S/C38H49N5O9S/c1-8-24-22-38(24,33(46)41-53(49,50)28-19-20-28)40-31(44)29-21-27(23-42(29)32(45)30(36(2,3)4)39-34(47)52-37(5,6)7)51-35(48)43(25-15-11-9-12-16-25)26-17-13-10-14-18-26/h8-18,24,27-30H,1,19-23H2,2-7H3,(H,39,47)(H,40,44)(H,41,46). The average molecular weight is 752 g/mol. The van der Waals surface area contributed by atoms with E-state index in [9.17, 15) is 32.4 Å². The second kappa shape index (κ2) is 14.8. The molecule has 0 aromatic heterocycles. The number of carbonyl (C=O) groups is 5. The predicted molar refractivity (Wildman–Crippen MR) is 197 cm³/mol. The Morgan fingerprint density at radius 1 is 0.943 bits per heavy atom. The van der Waals surface area contributed by atoms with Crippen LogP contribution in [0.2, 0.25) is 0 Å². The molecule has 1 saturated heterocycles. The molecule has 0 radical (unpaired) electrons. The molecule has 0 bridgehead atoms. The molecule has 2 aromatic carbocycles. The number of amides is 5. The van der Waals surface area contributed by atoms with E-state index in [-0.39, 0.29) is 19.4 Å². The number of hydrogen-bond donors (Lipinski definition) is 3. The van der Waals surface area contributed by atoms with Crippen LogP contribution in [0, 0.1) is 11.3 Å². The lowest BCUT2D eigenvalue weighted by molar-refractivity contribution is -0.143. The smallest absolute Gasteiger partial charge is 0.419 e. The molecule has 3 N–H and O–H groups in total. The molecule has 2 aliphatic carbocycles. The van der Waals surface area contributed by atoms with Gasteiger partial charge < -0.3 is 25.0 Å². The summed E-state index contributed by atoms with van der Waals surface area (Å²) >= 11 is 0. The lowest BCUT2D eigenvalue weighted by Gasteiger charge is -2.36. The molecule has 53 heavy (non-hydrogen) atoms. The maximum Gasteiger partial charge on any atom is 0.419 e. The second-order valence-corrected chi connectivity index (χ2v) is 17.8. The van der Waals surface area contributed by atoms with Crippen LogP contribution in [0.1, 0.15) is 67.2 Å². The molecule has 15 heteroatoms. The van der Waals surface area contributed by atoms with E-state index in [2.05, 4.69) is 21.9 Å². The van der Waals surface area contributed by atoms with Gasteiger partial charge in [0.25, 0.3) is 5.91 Å². The molecule has 3 aliphatic rings. The monoisotopic (exact) mass is 751 g/mol. The molecular formula is C38H49N5O9S. The minimum Gasteiger partial charge on any atom is -0.444 e. The fourth-order valence-corrected chi connectivity index (χ4v) is 7.71. The maximum absolute atomic E-state index is 14.5. The number of para-hydroxylation sites is 2. The van der Waals surface area contributed by atoms with Gasteiger partial charge in [0.15, 0.2) is 0 Å². The number of ether oxygens (including phenoxy) is 2. The lowest BCUT2D eigenvalue weighted by Crippen LogP contribution is -2.60. The zero-order chi connectivity index (χ0) is 38.9. The Hall–Kier alpha value is -4.92. The van der Waals surface area contributed by atoms with Crippen molar-refractivity contribution in [3.05, 3.63) is 73.3 Å². The van der Waals surface area contributed by atoms with Gasteiger partial charge in [-0.05, 0) is 69.7 Å².